The van der Waals surface area contributed by atoms with Gasteiger partial charge in [0, 0.05) is 5.56 Å². The number of para-hydroxylation sites is 1. The van der Waals surface area contributed by atoms with Gasteiger partial charge >= 0.3 is 0 Å². The van der Waals surface area contributed by atoms with E-state index in [1.54, 1.807) is 48.5 Å². The number of benzene rings is 2. The van der Waals surface area contributed by atoms with Crippen molar-refractivity contribution in [2.45, 2.75) is 0 Å². The Balaban J connectivity index is 1.83. The summed E-state index contributed by atoms with van der Waals surface area (Å²) < 4.78 is 10.4. The smallest absolute Gasteiger partial charge is 0.267 e. The molecule has 122 valence electrons. The molecule has 0 spiro atoms. The van der Waals surface area contributed by atoms with E-state index in [2.05, 4.69) is 0 Å². The van der Waals surface area contributed by atoms with Crippen molar-refractivity contribution < 1.29 is 23.9 Å². The molecule has 0 saturated carbocycles. The first kappa shape index (κ1) is 15.7. The van der Waals surface area contributed by atoms with Gasteiger partial charge in [0.1, 0.15) is 11.5 Å². The van der Waals surface area contributed by atoms with Gasteiger partial charge in [0.25, 0.3) is 11.8 Å². The summed E-state index contributed by atoms with van der Waals surface area (Å²) in [5.41, 5.74) is 0.667. The monoisotopic (exact) mass is 325 g/mol. The number of methoxy groups -OCH3 is 1. The third kappa shape index (κ3) is 2.99. The molecule has 0 bridgehead atoms. The minimum Gasteiger partial charge on any atom is -0.497 e. The van der Waals surface area contributed by atoms with E-state index in [1.165, 1.54) is 7.11 Å². The normalized spacial score (nSPS) is 13.8. The molecule has 2 aromatic rings. The molecule has 0 saturated heterocycles. The van der Waals surface area contributed by atoms with Gasteiger partial charge in [0.05, 0.1) is 19.2 Å². The molecule has 2 aromatic carbocycles. The van der Waals surface area contributed by atoms with Gasteiger partial charge in [-0.3, -0.25) is 19.3 Å². The van der Waals surface area contributed by atoms with E-state index in [-0.39, 0.29) is 24.5 Å². The maximum Gasteiger partial charge on any atom is 0.267 e. The molecule has 1 heterocycles. The highest BCUT2D eigenvalue weighted by atomic mass is 16.5. The molecular formula is C18H15NO5. The molecule has 1 aliphatic heterocycles. The Kier molecular flexibility index (Phi) is 4.29. The van der Waals surface area contributed by atoms with Crippen LogP contribution >= 0.6 is 0 Å². The summed E-state index contributed by atoms with van der Waals surface area (Å²) in [5.74, 6) is -0.446. The Hall–Kier alpha value is -3.15. The Labute approximate surface area is 138 Å². The number of carbonyl (C=O) groups excluding carboxylic acids is 3. The lowest BCUT2D eigenvalue weighted by molar-refractivity contribution is -0.129. The Morgan fingerprint density at radius 2 is 1.83 bits per heavy atom. The van der Waals surface area contributed by atoms with Crippen LogP contribution < -0.4 is 9.47 Å². The SMILES string of the molecule is COc1ccc(C(=O)CN2C(=O)COc3ccccc3C2=O)cc1. The predicted octanol–water partition coefficient (Wildman–Crippen LogP) is 1.94. The number of fused-ring (bicyclic) bond motifs is 1. The topological polar surface area (TPSA) is 72.9 Å². The molecule has 0 atom stereocenters. The zero-order valence-electron chi connectivity index (χ0n) is 13.0. The second-order valence-electron chi connectivity index (χ2n) is 5.22. The fourth-order valence-corrected chi connectivity index (χ4v) is 2.42. The van der Waals surface area contributed by atoms with Crippen LogP contribution in [0, 0.1) is 0 Å². The standard InChI is InChI=1S/C18H15NO5/c1-23-13-8-6-12(7-9-13)15(20)10-19-17(21)11-24-16-5-3-2-4-14(16)18(19)22/h2-9H,10-11H2,1H3. The maximum absolute atomic E-state index is 12.6. The summed E-state index contributed by atoms with van der Waals surface area (Å²) in [6.45, 7) is -0.611. The third-order valence-corrected chi connectivity index (χ3v) is 3.73. The number of nitrogens with zero attached hydrogens (tertiary/aromatic N) is 1. The van der Waals surface area contributed by atoms with Crippen molar-refractivity contribution in [3.63, 3.8) is 0 Å². The van der Waals surface area contributed by atoms with Crippen molar-refractivity contribution in [3.05, 3.63) is 59.7 Å². The van der Waals surface area contributed by atoms with Crippen molar-refractivity contribution in [3.8, 4) is 11.5 Å². The quantitative estimate of drug-likeness (QED) is 0.634. The molecule has 2 amide bonds. The fraction of sp³-hybridized carbons (Fsp3) is 0.167. The highest BCUT2D eigenvalue weighted by Crippen LogP contribution is 2.23. The first-order valence-electron chi connectivity index (χ1n) is 7.34. The van der Waals surface area contributed by atoms with Crippen molar-refractivity contribution in [2.75, 3.05) is 20.3 Å². The molecule has 24 heavy (non-hydrogen) atoms. The summed E-state index contributed by atoms with van der Waals surface area (Å²) in [7, 11) is 1.53. The largest absolute Gasteiger partial charge is 0.497 e. The molecule has 6 heteroatoms. The summed E-state index contributed by atoms with van der Waals surface area (Å²) in [6.07, 6.45) is 0. The van der Waals surface area contributed by atoms with Crippen LogP contribution in [0.5, 0.6) is 11.5 Å². The molecule has 6 nitrogen and oxygen atoms in total. The Bertz CT molecular complexity index is 797. The number of Topliss-reactive ketones (excluding diaryl/α,β-unsaturated/α-hetero) is 1. The number of imide groups is 1. The fourth-order valence-electron chi connectivity index (χ4n) is 2.42. The predicted molar refractivity (Wildman–Crippen MR) is 85.3 cm³/mol. The van der Waals surface area contributed by atoms with Crippen LogP contribution in [-0.4, -0.2) is 42.8 Å². The summed E-state index contributed by atoms with van der Waals surface area (Å²) in [5, 5.41) is 0. The molecule has 0 fully saturated rings. The minimum absolute atomic E-state index is 0.269. The Morgan fingerprint density at radius 3 is 2.54 bits per heavy atom. The summed E-state index contributed by atoms with van der Waals surface area (Å²) in [6, 6.07) is 13.1. The molecule has 0 aliphatic carbocycles. The molecule has 0 N–H and O–H groups in total. The lowest BCUT2D eigenvalue weighted by atomic mass is 10.1. The number of rotatable bonds is 4. The lowest BCUT2D eigenvalue weighted by Crippen LogP contribution is -2.41. The van der Waals surface area contributed by atoms with Gasteiger partial charge < -0.3 is 9.47 Å². The maximum atomic E-state index is 12.6. The number of amides is 2. The molecule has 0 radical (unpaired) electrons. The van der Waals surface area contributed by atoms with Gasteiger partial charge in [-0.15, -0.1) is 0 Å². The molecule has 0 aromatic heterocycles. The second-order valence-corrected chi connectivity index (χ2v) is 5.22. The minimum atomic E-state index is -0.543. The van der Waals surface area contributed by atoms with Crippen LogP contribution in [0.1, 0.15) is 20.7 Å². The molecule has 1 aliphatic rings. The third-order valence-electron chi connectivity index (χ3n) is 3.73. The van der Waals surface area contributed by atoms with Crippen molar-refractivity contribution in [1.29, 1.82) is 0 Å². The zero-order valence-corrected chi connectivity index (χ0v) is 13.0. The van der Waals surface area contributed by atoms with Gasteiger partial charge in [-0.1, -0.05) is 12.1 Å². The lowest BCUT2D eigenvalue weighted by Gasteiger charge is -2.17. The average Bonchev–Trinajstić information content (AvgIpc) is 2.74. The van der Waals surface area contributed by atoms with Crippen molar-refractivity contribution >= 4 is 17.6 Å². The van der Waals surface area contributed by atoms with E-state index in [9.17, 15) is 14.4 Å². The number of hydrogen-bond donors (Lipinski definition) is 0. The molecule has 0 unspecified atom stereocenters. The van der Waals surface area contributed by atoms with Gasteiger partial charge in [-0.25, -0.2) is 0 Å². The summed E-state index contributed by atoms with van der Waals surface area (Å²) in [4.78, 5) is 38.1. The average molecular weight is 325 g/mol. The van der Waals surface area contributed by atoms with Crippen LogP contribution in [-0.2, 0) is 4.79 Å². The van der Waals surface area contributed by atoms with Gasteiger partial charge in [-0.2, -0.15) is 0 Å². The van der Waals surface area contributed by atoms with E-state index < -0.39 is 11.8 Å². The van der Waals surface area contributed by atoms with Crippen LogP contribution in [0.4, 0.5) is 0 Å². The van der Waals surface area contributed by atoms with E-state index in [4.69, 9.17) is 9.47 Å². The van der Waals surface area contributed by atoms with Crippen molar-refractivity contribution in [2.24, 2.45) is 0 Å². The van der Waals surface area contributed by atoms with E-state index in [0.29, 0.717) is 17.1 Å². The summed E-state index contributed by atoms with van der Waals surface area (Å²) >= 11 is 0. The number of carbonyl (C=O) groups is 3. The van der Waals surface area contributed by atoms with Crippen LogP contribution in [0.25, 0.3) is 0 Å². The van der Waals surface area contributed by atoms with Gasteiger partial charge in [0.2, 0.25) is 0 Å². The van der Waals surface area contributed by atoms with Gasteiger partial charge in [-0.05, 0) is 36.4 Å². The van der Waals surface area contributed by atoms with Crippen LogP contribution in [0.3, 0.4) is 0 Å². The highest BCUT2D eigenvalue weighted by molar-refractivity contribution is 6.11. The number of hydrogen-bond acceptors (Lipinski definition) is 5. The van der Waals surface area contributed by atoms with E-state index >= 15 is 0 Å². The van der Waals surface area contributed by atoms with E-state index in [0.717, 1.165) is 4.90 Å². The number of ketones is 1. The van der Waals surface area contributed by atoms with Crippen LogP contribution in [0.15, 0.2) is 48.5 Å². The van der Waals surface area contributed by atoms with Gasteiger partial charge in [0.15, 0.2) is 12.4 Å². The first-order chi connectivity index (χ1) is 11.6. The molecular weight excluding hydrogens is 310 g/mol. The zero-order chi connectivity index (χ0) is 17.1. The Morgan fingerprint density at radius 1 is 1.12 bits per heavy atom. The van der Waals surface area contributed by atoms with E-state index in [1.807, 2.05) is 0 Å². The first-order valence-corrected chi connectivity index (χ1v) is 7.34. The molecule has 3 rings (SSSR count). The second kappa shape index (κ2) is 6.54. The highest BCUT2D eigenvalue weighted by Gasteiger charge is 2.31. The van der Waals surface area contributed by atoms with Crippen molar-refractivity contribution in [1.82, 2.24) is 4.90 Å². The van der Waals surface area contributed by atoms with Crippen LogP contribution in [0.2, 0.25) is 0 Å². The number of ether oxygens (including phenoxy) is 2.